The monoisotopic (exact) mass is 242 g/mol. The predicted molar refractivity (Wildman–Crippen MR) is 67.3 cm³/mol. The fraction of sp³-hybridized carbons (Fsp3) is 0.214. The minimum absolute atomic E-state index is 0.367. The molecule has 0 saturated carbocycles. The van der Waals surface area contributed by atoms with Crippen LogP contribution < -0.4 is 0 Å². The van der Waals surface area contributed by atoms with Gasteiger partial charge in [0, 0.05) is 11.9 Å². The van der Waals surface area contributed by atoms with E-state index in [-0.39, 0.29) is 0 Å². The number of carbonyl (C=O) groups is 1. The average Bonchev–Trinajstić information content (AvgIpc) is 2.37. The molecule has 1 unspecified atom stereocenters. The SMILES string of the molecule is Cc1ccnc(C(Cc2ccccc2)C(=O)O)n1. The number of carboxylic acid groups (broad SMARTS) is 1. The zero-order valence-corrected chi connectivity index (χ0v) is 10.1. The Morgan fingerprint density at radius 1 is 1.28 bits per heavy atom. The molecule has 1 aromatic carbocycles. The Kier molecular flexibility index (Phi) is 3.67. The van der Waals surface area contributed by atoms with Gasteiger partial charge in [0.25, 0.3) is 0 Å². The second kappa shape index (κ2) is 5.40. The topological polar surface area (TPSA) is 63.1 Å². The van der Waals surface area contributed by atoms with Gasteiger partial charge in [0.05, 0.1) is 0 Å². The van der Waals surface area contributed by atoms with E-state index >= 15 is 0 Å². The number of hydrogen-bond donors (Lipinski definition) is 1. The first-order chi connectivity index (χ1) is 8.66. The molecule has 4 heteroatoms. The van der Waals surface area contributed by atoms with E-state index in [1.54, 1.807) is 12.3 Å². The van der Waals surface area contributed by atoms with Crippen LogP contribution in [0.15, 0.2) is 42.6 Å². The van der Waals surface area contributed by atoms with Crippen molar-refractivity contribution in [1.29, 1.82) is 0 Å². The van der Waals surface area contributed by atoms with E-state index in [0.29, 0.717) is 12.2 Å². The van der Waals surface area contributed by atoms with Gasteiger partial charge in [-0.1, -0.05) is 30.3 Å². The maximum Gasteiger partial charge on any atom is 0.314 e. The van der Waals surface area contributed by atoms with Gasteiger partial charge < -0.3 is 5.11 Å². The van der Waals surface area contributed by atoms with Crippen LogP contribution in [0.5, 0.6) is 0 Å². The van der Waals surface area contributed by atoms with Gasteiger partial charge >= 0.3 is 5.97 Å². The summed E-state index contributed by atoms with van der Waals surface area (Å²) in [4.78, 5) is 19.6. The lowest BCUT2D eigenvalue weighted by atomic mass is 9.98. The number of benzene rings is 1. The fourth-order valence-corrected chi connectivity index (χ4v) is 1.78. The van der Waals surface area contributed by atoms with Crippen LogP contribution in [-0.4, -0.2) is 21.0 Å². The van der Waals surface area contributed by atoms with Crippen LogP contribution in [0.4, 0.5) is 0 Å². The summed E-state index contributed by atoms with van der Waals surface area (Å²) in [5.74, 6) is -1.23. The summed E-state index contributed by atoms with van der Waals surface area (Å²) in [6.07, 6.45) is 2.00. The molecular weight excluding hydrogens is 228 g/mol. The summed E-state index contributed by atoms with van der Waals surface area (Å²) in [6, 6.07) is 11.3. The van der Waals surface area contributed by atoms with Crippen molar-refractivity contribution in [3.63, 3.8) is 0 Å². The molecule has 2 aromatic rings. The molecular formula is C14H14N2O2. The van der Waals surface area contributed by atoms with E-state index in [9.17, 15) is 9.90 Å². The average molecular weight is 242 g/mol. The number of aliphatic carboxylic acids is 1. The molecule has 1 aromatic heterocycles. The number of aryl methyl sites for hydroxylation is 1. The van der Waals surface area contributed by atoms with Gasteiger partial charge in [-0.2, -0.15) is 0 Å². The highest BCUT2D eigenvalue weighted by Crippen LogP contribution is 2.18. The van der Waals surface area contributed by atoms with E-state index < -0.39 is 11.9 Å². The molecule has 1 heterocycles. The van der Waals surface area contributed by atoms with Crippen molar-refractivity contribution in [2.45, 2.75) is 19.3 Å². The van der Waals surface area contributed by atoms with Crippen molar-refractivity contribution in [3.8, 4) is 0 Å². The lowest BCUT2D eigenvalue weighted by Crippen LogP contribution is -2.17. The van der Waals surface area contributed by atoms with Gasteiger partial charge in [-0.05, 0) is 25.0 Å². The lowest BCUT2D eigenvalue weighted by Gasteiger charge is -2.11. The molecule has 1 atom stereocenters. The van der Waals surface area contributed by atoms with Gasteiger partial charge in [-0.15, -0.1) is 0 Å². The molecule has 0 bridgehead atoms. The first-order valence-corrected chi connectivity index (χ1v) is 5.73. The van der Waals surface area contributed by atoms with Crippen molar-refractivity contribution in [1.82, 2.24) is 9.97 Å². The van der Waals surface area contributed by atoms with E-state index in [1.165, 1.54) is 0 Å². The highest BCUT2D eigenvalue weighted by Gasteiger charge is 2.23. The zero-order chi connectivity index (χ0) is 13.0. The number of aromatic nitrogens is 2. The van der Waals surface area contributed by atoms with Gasteiger partial charge in [0.2, 0.25) is 0 Å². The first kappa shape index (κ1) is 12.2. The predicted octanol–water partition coefficient (Wildman–Crippen LogP) is 2.20. The number of rotatable bonds is 4. The van der Waals surface area contributed by atoms with Crippen molar-refractivity contribution in [2.75, 3.05) is 0 Å². The molecule has 0 aliphatic carbocycles. The van der Waals surface area contributed by atoms with Crippen LogP contribution in [0, 0.1) is 6.92 Å². The Balaban J connectivity index is 2.27. The number of nitrogens with zero attached hydrogens (tertiary/aromatic N) is 2. The molecule has 0 spiro atoms. The molecule has 1 N–H and O–H groups in total. The number of carboxylic acids is 1. The standard InChI is InChI=1S/C14H14N2O2/c1-10-7-8-15-13(16-10)12(14(17)18)9-11-5-3-2-4-6-11/h2-8,12H,9H2,1H3,(H,17,18). The van der Waals surface area contributed by atoms with E-state index in [0.717, 1.165) is 11.3 Å². The minimum atomic E-state index is -0.899. The van der Waals surface area contributed by atoms with Crippen molar-refractivity contribution < 1.29 is 9.90 Å². The van der Waals surface area contributed by atoms with Gasteiger partial charge in [0.15, 0.2) is 0 Å². The zero-order valence-electron chi connectivity index (χ0n) is 10.1. The molecule has 0 radical (unpaired) electrons. The lowest BCUT2D eigenvalue weighted by molar-refractivity contribution is -0.139. The van der Waals surface area contributed by atoms with Crippen molar-refractivity contribution in [2.24, 2.45) is 0 Å². The molecule has 4 nitrogen and oxygen atoms in total. The van der Waals surface area contributed by atoms with Crippen LogP contribution in [0.2, 0.25) is 0 Å². The summed E-state index contributed by atoms with van der Waals surface area (Å²) in [5, 5.41) is 9.30. The first-order valence-electron chi connectivity index (χ1n) is 5.73. The molecule has 18 heavy (non-hydrogen) atoms. The summed E-state index contributed by atoms with van der Waals surface area (Å²) in [6.45, 7) is 1.83. The van der Waals surface area contributed by atoms with Crippen LogP contribution in [0.25, 0.3) is 0 Å². The Morgan fingerprint density at radius 2 is 2.00 bits per heavy atom. The van der Waals surface area contributed by atoms with E-state index in [1.807, 2.05) is 37.3 Å². The summed E-state index contributed by atoms with van der Waals surface area (Å²) in [5.41, 5.74) is 1.74. The third kappa shape index (κ3) is 2.91. The van der Waals surface area contributed by atoms with Gasteiger partial charge in [0.1, 0.15) is 11.7 Å². The van der Waals surface area contributed by atoms with Crippen LogP contribution in [-0.2, 0) is 11.2 Å². The molecule has 0 aliphatic rings. The van der Waals surface area contributed by atoms with Crippen LogP contribution in [0.1, 0.15) is 23.0 Å². The summed E-state index contributed by atoms with van der Waals surface area (Å²) >= 11 is 0. The molecule has 0 saturated heterocycles. The summed E-state index contributed by atoms with van der Waals surface area (Å²) in [7, 11) is 0. The fourth-order valence-electron chi connectivity index (χ4n) is 1.78. The molecule has 0 amide bonds. The molecule has 0 aliphatic heterocycles. The normalized spacial score (nSPS) is 12.1. The Hall–Kier alpha value is -2.23. The third-order valence-electron chi connectivity index (χ3n) is 2.71. The Labute approximate surface area is 105 Å². The quantitative estimate of drug-likeness (QED) is 0.892. The van der Waals surface area contributed by atoms with Crippen LogP contribution >= 0.6 is 0 Å². The molecule has 2 rings (SSSR count). The number of hydrogen-bond acceptors (Lipinski definition) is 3. The Morgan fingerprint density at radius 3 is 2.61 bits per heavy atom. The molecule has 0 fully saturated rings. The van der Waals surface area contributed by atoms with Crippen molar-refractivity contribution in [3.05, 3.63) is 59.7 Å². The van der Waals surface area contributed by atoms with Crippen LogP contribution in [0.3, 0.4) is 0 Å². The largest absolute Gasteiger partial charge is 0.481 e. The van der Waals surface area contributed by atoms with Gasteiger partial charge in [-0.3, -0.25) is 4.79 Å². The van der Waals surface area contributed by atoms with Gasteiger partial charge in [-0.25, -0.2) is 9.97 Å². The highest BCUT2D eigenvalue weighted by molar-refractivity contribution is 5.75. The summed E-state index contributed by atoms with van der Waals surface area (Å²) < 4.78 is 0. The second-order valence-electron chi connectivity index (χ2n) is 4.14. The highest BCUT2D eigenvalue weighted by atomic mass is 16.4. The van der Waals surface area contributed by atoms with Crippen molar-refractivity contribution >= 4 is 5.97 Å². The van der Waals surface area contributed by atoms with E-state index in [4.69, 9.17) is 0 Å². The molecule has 92 valence electrons. The maximum atomic E-state index is 11.3. The Bertz CT molecular complexity index is 541. The smallest absolute Gasteiger partial charge is 0.314 e. The van der Waals surface area contributed by atoms with E-state index in [2.05, 4.69) is 9.97 Å². The maximum absolute atomic E-state index is 11.3. The third-order valence-corrected chi connectivity index (χ3v) is 2.71. The minimum Gasteiger partial charge on any atom is -0.481 e. The second-order valence-corrected chi connectivity index (χ2v) is 4.14.